The smallest absolute Gasteiger partial charge is 0.407 e. The van der Waals surface area contributed by atoms with Crippen LogP contribution in [-0.4, -0.2) is 53.6 Å². The molecule has 2 fully saturated rings. The van der Waals surface area contributed by atoms with Crippen molar-refractivity contribution in [2.75, 3.05) is 24.5 Å². The van der Waals surface area contributed by atoms with Crippen molar-refractivity contribution in [1.82, 2.24) is 10.2 Å². The fourth-order valence-corrected chi connectivity index (χ4v) is 3.42. The minimum Gasteiger partial charge on any atom is -0.465 e. The highest BCUT2D eigenvalue weighted by molar-refractivity contribution is 6.00. The molecule has 3 rings (SSSR count). The molecule has 0 bridgehead atoms. The molecule has 128 valence electrons. The molecule has 2 saturated heterocycles. The first-order valence-electron chi connectivity index (χ1n) is 8.14. The highest BCUT2D eigenvalue weighted by Gasteiger charge is 2.29. The summed E-state index contributed by atoms with van der Waals surface area (Å²) in [6.45, 7) is 3.60. The van der Waals surface area contributed by atoms with E-state index in [0.717, 1.165) is 11.3 Å². The molecule has 0 aromatic heterocycles. The summed E-state index contributed by atoms with van der Waals surface area (Å²) in [5, 5.41) is 11.5. The number of imide groups is 1. The Labute approximate surface area is 140 Å². The molecule has 0 aliphatic carbocycles. The van der Waals surface area contributed by atoms with Crippen LogP contribution in [0.15, 0.2) is 24.3 Å². The SMILES string of the molecule is C[C@H]1CN(C(=O)O)CCN1c1ccc(C2CCC(=O)NC2=O)cc1. The van der Waals surface area contributed by atoms with E-state index in [1.807, 2.05) is 31.2 Å². The number of piperazine rings is 1. The third-order valence-electron chi connectivity index (χ3n) is 4.76. The van der Waals surface area contributed by atoms with Gasteiger partial charge in [-0.1, -0.05) is 12.1 Å². The summed E-state index contributed by atoms with van der Waals surface area (Å²) >= 11 is 0. The second-order valence-electron chi connectivity index (χ2n) is 6.37. The molecule has 24 heavy (non-hydrogen) atoms. The number of hydrogen-bond donors (Lipinski definition) is 2. The van der Waals surface area contributed by atoms with Gasteiger partial charge < -0.3 is 14.9 Å². The summed E-state index contributed by atoms with van der Waals surface area (Å²) in [6.07, 6.45) is 0.0269. The van der Waals surface area contributed by atoms with E-state index in [0.29, 0.717) is 32.5 Å². The molecule has 2 N–H and O–H groups in total. The number of anilines is 1. The first-order valence-corrected chi connectivity index (χ1v) is 8.14. The third kappa shape index (κ3) is 3.20. The average molecular weight is 331 g/mol. The van der Waals surface area contributed by atoms with Gasteiger partial charge in [-0.2, -0.15) is 0 Å². The van der Waals surface area contributed by atoms with Crippen LogP contribution in [0.2, 0.25) is 0 Å². The quantitative estimate of drug-likeness (QED) is 0.800. The minimum atomic E-state index is -0.880. The number of hydrogen-bond acceptors (Lipinski definition) is 4. The first-order chi connectivity index (χ1) is 11.5. The maximum atomic E-state index is 11.9. The predicted molar refractivity (Wildman–Crippen MR) is 88.0 cm³/mol. The van der Waals surface area contributed by atoms with Gasteiger partial charge in [-0.05, 0) is 31.0 Å². The molecular formula is C17H21N3O4. The maximum absolute atomic E-state index is 11.9. The molecular weight excluding hydrogens is 310 g/mol. The summed E-state index contributed by atoms with van der Waals surface area (Å²) < 4.78 is 0. The first kappa shape index (κ1) is 16.3. The average Bonchev–Trinajstić information content (AvgIpc) is 2.55. The van der Waals surface area contributed by atoms with E-state index in [1.54, 1.807) is 0 Å². The highest BCUT2D eigenvalue weighted by Crippen LogP contribution is 2.28. The fourth-order valence-electron chi connectivity index (χ4n) is 3.42. The van der Waals surface area contributed by atoms with E-state index in [9.17, 15) is 14.4 Å². The molecule has 1 unspecified atom stereocenters. The zero-order chi connectivity index (χ0) is 17.3. The van der Waals surface area contributed by atoms with Gasteiger partial charge in [0.25, 0.3) is 0 Å². The van der Waals surface area contributed by atoms with E-state index in [-0.39, 0.29) is 23.8 Å². The lowest BCUT2D eigenvalue weighted by Gasteiger charge is -2.40. The number of carbonyl (C=O) groups excluding carboxylic acids is 2. The predicted octanol–water partition coefficient (Wildman–Crippen LogP) is 1.40. The Bertz CT molecular complexity index is 658. The molecule has 2 aliphatic heterocycles. The molecule has 2 aliphatic rings. The maximum Gasteiger partial charge on any atom is 0.407 e. The molecule has 3 amide bonds. The highest BCUT2D eigenvalue weighted by atomic mass is 16.4. The van der Waals surface area contributed by atoms with Crippen molar-refractivity contribution in [3.05, 3.63) is 29.8 Å². The topological polar surface area (TPSA) is 90.0 Å². The van der Waals surface area contributed by atoms with Crippen LogP contribution in [0, 0.1) is 0 Å². The van der Waals surface area contributed by atoms with Crippen molar-refractivity contribution in [2.24, 2.45) is 0 Å². The molecule has 2 heterocycles. The van der Waals surface area contributed by atoms with Gasteiger partial charge in [-0.25, -0.2) is 4.79 Å². The lowest BCUT2D eigenvalue weighted by molar-refractivity contribution is -0.134. The number of rotatable bonds is 2. The summed E-state index contributed by atoms with van der Waals surface area (Å²) in [5.74, 6) is -0.724. The number of carboxylic acid groups (broad SMARTS) is 1. The van der Waals surface area contributed by atoms with Crippen LogP contribution >= 0.6 is 0 Å². The van der Waals surface area contributed by atoms with Crippen LogP contribution in [0.1, 0.15) is 31.2 Å². The van der Waals surface area contributed by atoms with Crippen LogP contribution in [0.5, 0.6) is 0 Å². The summed E-state index contributed by atoms with van der Waals surface area (Å²) in [7, 11) is 0. The van der Waals surface area contributed by atoms with Crippen LogP contribution in [0.3, 0.4) is 0 Å². The Morgan fingerprint density at radius 3 is 2.50 bits per heavy atom. The third-order valence-corrected chi connectivity index (χ3v) is 4.76. The zero-order valence-electron chi connectivity index (χ0n) is 13.6. The van der Waals surface area contributed by atoms with Crippen molar-refractivity contribution in [3.63, 3.8) is 0 Å². The molecule has 1 aromatic carbocycles. The lowest BCUT2D eigenvalue weighted by Crippen LogP contribution is -2.53. The summed E-state index contributed by atoms with van der Waals surface area (Å²) in [4.78, 5) is 37.8. The van der Waals surface area contributed by atoms with E-state index in [4.69, 9.17) is 5.11 Å². The number of carbonyl (C=O) groups is 3. The fraction of sp³-hybridized carbons (Fsp3) is 0.471. The van der Waals surface area contributed by atoms with Crippen LogP contribution in [0.25, 0.3) is 0 Å². The van der Waals surface area contributed by atoms with Gasteiger partial charge in [-0.3, -0.25) is 14.9 Å². The Morgan fingerprint density at radius 2 is 1.92 bits per heavy atom. The molecule has 7 nitrogen and oxygen atoms in total. The second-order valence-corrected chi connectivity index (χ2v) is 6.37. The summed E-state index contributed by atoms with van der Waals surface area (Å²) in [5.41, 5.74) is 1.92. The molecule has 1 aromatic rings. The monoisotopic (exact) mass is 331 g/mol. The molecule has 0 spiro atoms. The molecule has 0 radical (unpaired) electrons. The van der Waals surface area contributed by atoms with Crippen molar-refractivity contribution in [3.8, 4) is 0 Å². The van der Waals surface area contributed by atoms with Crippen molar-refractivity contribution in [2.45, 2.75) is 31.7 Å². The standard InChI is InChI=1S/C17H21N3O4/c1-11-10-19(17(23)24)8-9-20(11)13-4-2-12(3-5-13)14-6-7-15(21)18-16(14)22/h2-5,11,14H,6-10H2,1H3,(H,23,24)(H,18,21,22)/t11-,14?/m0/s1. The zero-order valence-corrected chi connectivity index (χ0v) is 13.6. The Balaban J connectivity index is 1.70. The Kier molecular flexibility index (Phi) is 4.42. The number of amides is 3. The number of nitrogens with zero attached hydrogens (tertiary/aromatic N) is 2. The molecule has 2 atom stereocenters. The minimum absolute atomic E-state index is 0.0938. The van der Waals surface area contributed by atoms with E-state index in [1.165, 1.54) is 4.90 Å². The number of piperidine rings is 1. The summed E-state index contributed by atoms with van der Waals surface area (Å²) in [6, 6.07) is 7.87. The van der Waals surface area contributed by atoms with Gasteiger partial charge in [0.05, 0.1) is 5.92 Å². The Morgan fingerprint density at radius 1 is 1.21 bits per heavy atom. The van der Waals surface area contributed by atoms with Gasteiger partial charge in [0.1, 0.15) is 0 Å². The van der Waals surface area contributed by atoms with Crippen LogP contribution in [-0.2, 0) is 9.59 Å². The second kappa shape index (κ2) is 6.51. The van der Waals surface area contributed by atoms with Crippen LogP contribution in [0.4, 0.5) is 10.5 Å². The van der Waals surface area contributed by atoms with Gasteiger partial charge in [0.15, 0.2) is 0 Å². The van der Waals surface area contributed by atoms with Crippen molar-refractivity contribution < 1.29 is 19.5 Å². The number of benzene rings is 1. The Hall–Kier alpha value is -2.57. The van der Waals surface area contributed by atoms with Gasteiger partial charge in [-0.15, -0.1) is 0 Å². The van der Waals surface area contributed by atoms with Gasteiger partial charge in [0.2, 0.25) is 11.8 Å². The van der Waals surface area contributed by atoms with E-state index in [2.05, 4.69) is 10.2 Å². The van der Waals surface area contributed by atoms with E-state index >= 15 is 0 Å². The largest absolute Gasteiger partial charge is 0.465 e. The molecule has 7 heteroatoms. The lowest BCUT2D eigenvalue weighted by atomic mass is 9.90. The number of nitrogens with one attached hydrogen (secondary N) is 1. The van der Waals surface area contributed by atoms with E-state index < -0.39 is 6.09 Å². The normalized spacial score (nSPS) is 24.7. The van der Waals surface area contributed by atoms with Gasteiger partial charge in [0, 0.05) is 37.8 Å². The van der Waals surface area contributed by atoms with Crippen LogP contribution < -0.4 is 10.2 Å². The van der Waals surface area contributed by atoms with Crippen molar-refractivity contribution >= 4 is 23.6 Å². The van der Waals surface area contributed by atoms with Gasteiger partial charge >= 0.3 is 6.09 Å². The molecule has 0 saturated carbocycles. The van der Waals surface area contributed by atoms with Crippen molar-refractivity contribution in [1.29, 1.82) is 0 Å².